The summed E-state index contributed by atoms with van der Waals surface area (Å²) in [6.07, 6.45) is 8.69. The molecule has 2 aromatic rings. The lowest BCUT2D eigenvalue weighted by atomic mass is 10.3. The molecule has 17 heavy (non-hydrogen) atoms. The van der Waals surface area contributed by atoms with Crippen LogP contribution in [0.1, 0.15) is 30.3 Å². The Morgan fingerprint density at radius 3 is 3.06 bits per heavy atom. The molecule has 0 radical (unpaired) electrons. The minimum atomic E-state index is 0.110. The fraction of sp³-hybridized carbons (Fsp3) is 0.545. The van der Waals surface area contributed by atoms with Crippen molar-refractivity contribution in [2.75, 3.05) is 6.61 Å². The quantitative estimate of drug-likeness (QED) is 0.811. The Morgan fingerprint density at radius 1 is 1.41 bits per heavy atom. The summed E-state index contributed by atoms with van der Waals surface area (Å²) in [5, 5.41) is 16.9. The van der Waals surface area contributed by atoms with Gasteiger partial charge in [-0.1, -0.05) is 5.21 Å². The highest BCUT2D eigenvalue weighted by Gasteiger charge is 2.25. The van der Waals surface area contributed by atoms with E-state index in [2.05, 4.69) is 19.9 Å². The van der Waals surface area contributed by atoms with Crippen LogP contribution in [-0.2, 0) is 13.0 Å². The van der Waals surface area contributed by atoms with Gasteiger partial charge in [-0.05, 0) is 12.8 Å². The van der Waals surface area contributed by atoms with Crippen LogP contribution in [0.3, 0.4) is 0 Å². The van der Waals surface area contributed by atoms with Crippen LogP contribution >= 0.6 is 0 Å². The number of hydrogen-bond donors (Lipinski definition) is 1. The molecule has 0 amide bonds. The lowest BCUT2D eigenvalue weighted by molar-refractivity contribution is 0.298. The molecular weight excluding hydrogens is 218 g/mol. The van der Waals surface area contributed by atoms with Crippen LogP contribution in [0.4, 0.5) is 0 Å². The third-order valence-electron chi connectivity index (χ3n) is 2.96. The zero-order valence-electron chi connectivity index (χ0n) is 9.53. The summed E-state index contributed by atoms with van der Waals surface area (Å²) in [4.78, 5) is 4.18. The largest absolute Gasteiger partial charge is 0.396 e. The fourth-order valence-corrected chi connectivity index (χ4v) is 1.95. The first-order valence-corrected chi connectivity index (χ1v) is 5.87. The first kappa shape index (κ1) is 10.5. The molecule has 1 fully saturated rings. The van der Waals surface area contributed by atoms with E-state index in [9.17, 15) is 0 Å². The predicted molar refractivity (Wildman–Crippen MR) is 60.4 cm³/mol. The molecule has 0 aromatic carbocycles. The van der Waals surface area contributed by atoms with Crippen LogP contribution in [-0.4, -0.2) is 36.3 Å². The summed E-state index contributed by atoms with van der Waals surface area (Å²) in [5.74, 6) is 0. The fourth-order valence-electron chi connectivity index (χ4n) is 1.95. The van der Waals surface area contributed by atoms with E-state index in [4.69, 9.17) is 5.11 Å². The number of hydrogen-bond acceptors (Lipinski definition) is 4. The van der Waals surface area contributed by atoms with Gasteiger partial charge in [0.1, 0.15) is 0 Å². The Kier molecular flexibility index (Phi) is 2.64. The van der Waals surface area contributed by atoms with E-state index >= 15 is 0 Å². The number of imidazole rings is 1. The third kappa shape index (κ3) is 2.21. The summed E-state index contributed by atoms with van der Waals surface area (Å²) in [5.41, 5.74) is 1.98. The Morgan fingerprint density at radius 2 is 2.29 bits per heavy atom. The van der Waals surface area contributed by atoms with Gasteiger partial charge in [-0.15, -0.1) is 5.10 Å². The third-order valence-corrected chi connectivity index (χ3v) is 2.96. The van der Waals surface area contributed by atoms with Crippen molar-refractivity contribution in [1.29, 1.82) is 0 Å². The van der Waals surface area contributed by atoms with E-state index in [1.807, 2.05) is 18.7 Å². The zero-order valence-corrected chi connectivity index (χ0v) is 9.53. The van der Waals surface area contributed by atoms with Crippen molar-refractivity contribution in [1.82, 2.24) is 24.5 Å². The zero-order chi connectivity index (χ0) is 11.7. The van der Waals surface area contributed by atoms with E-state index in [0.29, 0.717) is 19.0 Å². The van der Waals surface area contributed by atoms with Gasteiger partial charge in [0.05, 0.1) is 30.5 Å². The Labute approximate surface area is 98.9 Å². The molecule has 1 N–H and O–H groups in total. The Hall–Kier alpha value is -1.69. The van der Waals surface area contributed by atoms with Gasteiger partial charge in [0.15, 0.2) is 0 Å². The summed E-state index contributed by atoms with van der Waals surface area (Å²) >= 11 is 0. The normalized spacial score (nSPS) is 15.4. The maximum absolute atomic E-state index is 8.82. The summed E-state index contributed by atoms with van der Waals surface area (Å²) in [6.45, 7) is 0.799. The second kappa shape index (κ2) is 4.29. The highest BCUT2D eigenvalue weighted by Crippen LogP contribution is 2.35. The Bertz CT molecular complexity index is 499. The first-order valence-electron chi connectivity index (χ1n) is 5.87. The number of aliphatic hydroxyl groups is 1. The van der Waals surface area contributed by atoms with E-state index in [1.54, 1.807) is 4.68 Å². The molecular formula is C11H15N5O. The molecule has 90 valence electrons. The van der Waals surface area contributed by atoms with E-state index in [0.717, 1.165) is 11.4 Å². The van der Waals surface area contributed by atoms with Gasteiger partial charge in [-0.3, -0.25) is 0 Å². The topological polar surface area (TPSA) is 68.8 Å². The second-order valence-corrected chi connectivity index (χ2v) is 4.40. The minimum Gasteiger partial charge on any atom is -0.396 e. The van der Waals surface area contributed by atoms with Gasteiger partial charge in [-0.2, -0.15) is 0 Å². The van der Waals surface area contributed by atoms with Crippen LogP contribution in [0.15, 0.2) is 18.7 Å². The van der Waals surface area contributed by atoms with E-state index in [-0.39, 0.29) is 6.61 Å². The molecule has 6 heteroatoms. The number of aliphatic hydroxyl groups excluding tert-OH is 1. The maximum Gasteiger partial charge on any atom is 0.0951 e. The number of aromatic nitrogens is 5. The smallest absolute Gasteiger partial charge is 0.0951 e. The average molecular weight is 233 g/mol. The summed E-state index contributed by atoms with van der Waals surface area (Å²) in [7, 11) is 0. The van der Waals surface area contributed by atoms with E-state index in [1.165, 1.54) is 12.8 Å². The molecule has 2 aromatic heterocycles. The van der Waals surface area contributed by atoms with E-state index < -0.39 is 0 Å². The molecule has 0 aliphatic heterocycles. The van der Waals surface area contributed by atoms with Crippen LogP contribution in [0.25, 0.3) is 0 Å². The van der Waals surface area contributed by atoms with Crippen molar-refractivity contribution in [2.45, 2.75) is 31.8 Å². The van der Waals surface area contributed by atoms with Crippen molar-refractivity contribution in [3.05, 3.63) is 30.1 Å². The lowest BCUT2D eigenvalue weighted by Gasteiger charge is -2.05. The summed E-state index contributed by atoms with van der Waals surface area (Å²) < 4.78 is 4.01. The molecule has 6 nitrogen and oxygen atoms in total. The maximum atomic E-state index is 8.82. The molecule has 3 rings (SSSR count). The molecule has 0 saturated heterocycles. The van der Waals surface area contributed by atoms with Crippen molar-refractivity contribution < 1.29 is 5.11 Å². The van der Waals surface area contributed by atoms with Crippen molar-refractivity contribution >= 4 is 0 Å². The van der Waals surface area contributed by atoms with Gasteiger partial charge < -0.3 is 9.67 Å². The summed E-state index contributed by atoms with van der Waals surface area (Å²) in [6, 6.07) is 0.632. The molecule has 0 unspecified atom stereocenters. The average Bonchev–Trinajstić information content (AvgIpc) is 2.91. The van der Waals surface area contributed by atoms with Crippen molar-refractivity contribution in [2.24, 2.45) is 0 Å². The lowest BCUT2D eigenvalue weighted by Crippen LogP contribution is -2.06. The Balaban J connectivity index is 1.74. The van der Waals surface area contributed by atoms with Crippen molar-refractivity contribution in [3.63, 3.8) is 0 Å². The van der Waals surface area contributed by atoms with Crippen LogP contribution in [0.5, 0.6) is 0 Å². The van der Waals surface area contributed by atoms with Gasteiger partial charge in [-0.25, -0.2) is 9.67 Å². The molecule has 0 atom stereocenters. The standard InChI is InChI=1S/C11H15N5O/c17-4-3-9-6-15(14-13-9)7-11-5-12-8-16(11)10-1-2-10/h5-6,8,10,17H,1-4,7H2. The highest BCUT2D eigenvalue weighted by molar-refractivity contribution is 5.04. The molecule has 2 heterocycles. The molecule has 1 aliphatic carbocycles. The monoisotopic (exact) mass is 233 g/mol. The molecule has 0 spiro atoms. The van der Waals surface area contributed by atoms with Gasteiger partial charge in [0.25, 0.3) is 0 Å². The van der Waals surface area contributed by atoms with Gasteiger partial charge >= 0.3 is 0 Å². The number of rotatable bonds is 5. The SMILES string of the molecule is OCCc1cn(Cc2cncn2C2CC2)nn1. The highest BCUT2D eigenvalue weighted by atomic mass is 16.3. The van der Waals surface area contributed by atoms with Crippen LogP contribution < -0.4 is 0 Å². The molecule has 0 bridgehead atoms. The number of nitrogens with zero attached hydrogens (tertiary/aromatic N) is 5. The molecule has 1 saturated carbocycles. The predicted octanol–water partition coefficient (Wildman–Crippen LogP) is 0.393. The molecule has 1 aliphatic rings. The second-order valence-electron chi connectivity index (χ2n) is 4.40. The minimum absolute atomic E-state index is 0.110. The van der Waals surface area contributed by atoms with Gasteiger partial charge in [0.2, 0.25) is 0 Å². The van der Waals surface area contributed by atoms with Crippen molar-refractivity contribution in [3.8, 4) is 0 Å². The van der Waals surface area contributed by atoms with Gasteiger partial charge in [0, 0.05) is 25.3 Å². The first-order chi connectivity index (χ1) is 8.36. The van der Waals surface area contributed by atoms with Crippen LogP contribution in [0, 0.1) is 0 Å². The van der Waals surface area contributed by atoms with Crippen LogP contribution in [0.2, 0.25) is 0 Å².